The Morgan fingerprint density at radius 2 is 2.50 bits per heavy atom. The summed E-state index contributed by atoms with van der Waals surface area (Å²) in [4.78, 5) is 4.03. The molecule has 2 rings (SSSR count). The highest BCUT2D eigenvalue weighted by Gasteiger charge is 2.25. The first kappa shape index (κ1) is 11.3. The van der Waals surface area contributed by atoms with E-state index in [0.717, 1.165) is 5.56 Å². The number of methoxy groups -OCH3 is 1. The summed E-state index contributed by atoms with van der Waals surface area (Å²) in [6, 6.07) is 3.80. The average Bonchev–Trinajstić information content (AvgIpc) is 2.72. The molecule has 2 heterocycles. The van der Waals surface area contributed by atoms with Crippen LogP contribution >= 0.6 is 0 Å². The summed E-state index contributed by atoms with van der Waals surface area (Å²) in [6.45, 7) is 1.64. The molecule has 0 radical (unpaired) electrons. The van der Waals surface area contributed by atoms with Gasteiger partial charge in [0.25, 0.3) is 0 Å². The topological polar surface area (TPSA) is 63.6 Å². The van der Waals surface area contributed by atoms with Crippen molar-refractivity contribution >= 4 is 0 Å². The Kier molecular flexibility index (Phi) is 3.71. The van der Waals surface area contributed by atoms with Gasteiger partial charge in [0.05, 0.1) is 32.5 Å². The van der Waals surface area contributed by atoms with Crippen LogP contribution in [-0.2, 0) is 11.3 Å². The Morgan fingerprint density at radius 1 is 1.62 bits per heavy atom. The second-order valence-corrected chi connectivity index (χ2v) is 3.80. The van der Waals surface area contributed by atoms with E-state index in [1.807, 2.05) is 12.1 Å². The lowest BCUT2D eigenvalue weighted by atomic mass is 10.2. The summed E-state index contributed by atoms with van der Waals surface area (Å²) in [6.07, 6.45) is 1.29. The molecule has 0 saturated carbocycles. The van der Waals surface area contributed by atoms with Gasteiger partial charge in [0, 0.05) is 18.8 Å². The summed E-state index contributed by atoms with van der Waals surface area (Å²) >= 11 is 0. The molecule has 1 aromatic heterocycles. The lowest BCUT2D eigenvalue weighted by Gasteiger charge is -2.14. The van der Waals surface area contributed by atoms with E-state index in [-0.39, 0.29) is 6.04 Å². The van der Waals surface area contributed by atoms with Crippen LogP contribution in [0.4, 0.5) is 0 Å². The molecular weight excluding hydrogens is 208 g/mol. The third-order valence-corrected chi connectivity index (χ3v) is 2.63. The van der Waals surface area contributed by atoms with Crippen molar-refractivity contribution in [1.82, 2.24) is 10.3 Å². The molecule has 0 spiro atoms. The maximum atomic E-state index is 9.54. The van der Waals surface area contributed by atoms with Gasteiger partial charge in [0.2, 0.25) is 5.88 Å². The Balaban J connectivity index is 1.88. The van der Waals surface area contributed by atoms with E-state index >= 15 is 0 Å². The first-order valence-electron chi connectivity index (χ1n) is 5.27. The number of rotatable bonds is 4. The van der Waals surface area contributed by atoms with Crippen molar-refractivity contribution in [2.45, 2.75) is 18.7 Å². The van der Waals surface area contributed by atoms with Crippen molar-refractivity contribution in [3.8, 4) is 5.88 Å². The maximum absolute atomic E-state index is 9.54. The van der Waals surface area contributed by atoms with Gasteiger partial charge < -0.3 is 19.9 Å². The fraction of sp³-hybridized carbons (Fsp3) is 0.545. The Morgan fingerprint density at radius 3 is 3.19 bits per heavy atom. The van der Waals surface area contributed by atoms with Crippen LogP contribution in [0.5, 0.6) is 5.88 Å². The van der Waals surface area contributed by atoms with E-state index in [2.05, 4.69) is 10.3 Å². The standard InChI is InChI=1S/C11H16N2O3/c1-15-11-4-8(2-3-12-11)5-13-9-6-16-7-10(9)14/h2-4,9-10,13-14H,5-7H2,1H3/t9-,10-/m1/s1. The van der Waals surface area contributed by atoms with E-state index in [9.17, 15) is 5.11 Å². The van der Waals surface area contributed by atoms with Crippen molar-refractivity contribution in [2.24, 2.45) is 0 Å². The molecule has 1 saturated heterocycles. The van der Waals surface area contributed by atoms with E-state index in [0.29, 0.717) is 25.6 Å². The number of aliphatic hydroxyl groups excluding tert-OH is 1. The maximum Gasteiger partial charge on any atom is 0.213 e. The molecule has 0 unspecified atom stereocenters. The molecule has 2 N–H and O–H groups in total. The molecule has 1 aromatic rings. The Bertz CT molecular complexity index is 346. The predicted octanol–water partition coefficient (Wildman–Crippen LogP) is -0.0605. The predicted molar refractivity (Wildman–Crippen MR) is 58.2 cm³/mol. The van der Waals surface area contributed by atoms with Gasteiger partial charge in [-0.15, -0.1) is 0 Å². The number of aliphatic hydroxyl groups is 1. The van der Waals surface area contributed by atoms with Gasteiger partial charge in [-0.05, 0) is 11.6 Å². The van der Waals surface area contributed by atoms with Gasteiger partial charge >= 0.3 is 0 Å². The summed E-state index contributed by atoms with van der Waals surface area (Å²) < 4.78 is 10.2. The fourth-order valence-electron chi connectivity index (χ4n) is 1.66. The lowest BCUT2D eigenvalue weighted by Crippen LogP contribution is -2.38. The third kappa shape index (κ3) is 2.69. The molecule has 2 atom stereocenters. The van der Waals surface area contributed by atoms with Gasteiger partial charge in [-0.3, -0.25) is 0 Å². The molecule has 5 heteroatoms. The molecular formula is C11H16N2O3. The molecule has 0 bridgehead atoms. The van der Waals surface area contributed by atoms with Crippen LogP contribution in [0.15, 0.2) is 18.3 Å². The number of nitrogens with zero attached hydrogens (tertiary/aromatic N) is 1. The molecule has 0 amide bonds. The van der Waals surface area contributed by atoms with E-state index < -0.39 is 6.10 Å². The Labute approximate surface area is 94.4 Å². The second-order valence-electron chi connectivity index (χ2n) is 3.80. The molecule has 1 aliphatic heterocycles. The van der Waals surface area contributed by atoms with Gasteiger partial charge in [0.1, 0.15) is 0 Å². The Hall–Kier alpha value is -1.17. The van der Waals surface area contributed by atoms with Gasteiger partial charge in [-0.2, -0.15) is 0 Å². The van der Waals surface area contributed by atoms with Gasteiger partial charge in [0.15, 0.2) is 0 Å². The molecule has 0 aliphatic carbocycles. The van der Waals surface area contributed by atoms with Crippen molar-refractivity contribution in [3.05, 3.63) is 23.9 Å². The van der Waals surface area contributed by atoms with Crippen LogP contribution in [0.25, 0.3) is 0 Å². The lowest BCUT2D eigenvalue weighted by molar-refractivity contribution is 0.122. The largest absolute Gasteiger partial charge is 0.481 e. The van der Waals surface area contributed by atoms with Crippen LogP contribution < -0.4 is 10.1 Å². The summed E-state index contributed by atoms with van der Waals surface area (Å²) in [5, 5.41) is 12.8. The van der Waals surface area contributed by atoms with E-state index in [1.54, 1.807) is 13.3 Å². The van der Waals surface area contributed by atoms with Crippen molar-refractivity contribution < 1.29 is 14.6 Å². The smallest absolute Gasteiger partial charge is 0.213 e. The van der Waals surface area contributed by atoms with Crippen molar-refractivity contribution in [1.29, 1.82) is 0 Å². The molecule has 88 valence electrons. The van der Waals surface area contributed by atoms with Crippen molar-refractivity contribution in [2.75, 3.05) is 20.3 Å². The molecule has 16 heavy (non-hydrogen) atoms. The average molecular weight is 224 g/mol. The summed E-state index contributed by atoms with van der Waals surface area (Å²) in [5.74, 6) is 0.600. The number of ether oxygens (including phenoxy) is 2. The molecule has 5 nitrogen and oxygen atoms in total. The number of hydrogen-bond acceptors (Lipinski definition) is 5. The minimum Gasteiger partial charge on any atom is -0.481 e. The molecule has 1 aliphatic rings. The van der Waals surface area contributed by atoms with Gasteiger partial charge in [-0.1, -0.05) is 0 Å². The fourth-order valence-corrected chi connectivity index (χ4v) is 1.66. The third-order valence-electron chi connectivity index (χ3n) is 2.63. The van der Waals surface area contributed by atoms with Crippen LogP contribution in [0.3, 0.4) is 0 Å². The summed E-state index contributed by atoms with van der Waals surface area (Å²) in [7, 11) is 1.59. The second kappa shape index (κ2) is 5.25. The minimum atomic E-state index is -0.413. The zero-order valence-corrected chi connectivity index (χ0v) is 9.22. The first-order chi connectivity index (χ1) is 7.79. The number of aromatic nitrogens is 1. The highest BCUT2D eigenvalue weighted by atomic mass is 16.5. The van der Waals surface area contributed by atoms with Crippen LogP contribution in [0.1, 0.15) is 5.56 Å². The number of pyridine rings is 1. The van der Waals surface area contributed by atoms with Gasteiger partial charge in [-0.25, -0.2) is 4.98 Å². The molecule has 0 aromatic carbocycles. The van der Waals surface area contributed by atoms with Crippen LogP contribution in [0, 0.1) is 0 Å². The monoisotopic (exact) mass is 224 g/mol. The molecule has 1 fully saturated rings. The number of nitrogens with one attached hydrogen (secondary N) is 1. The summed E-state index contributed by atoms with van der Waals surface area (Å²) in [5.41, 5.74) is 1.07. The highest BCUT2D eigenvalue weighted by Crippen LogP contribution is 2.10. The zero-order chi connectivity index (χ0) is 11.4. The SMILES string of the molecule is COc1cc(CN[C@@H]2COC[C@H]2O)ccn1. The normalized spacial score (nSPS) is 24.6. The van der Waals surface area contributed by atoms with Crippen LogP contribution in [-0.4, -0.2) is 42.6 Å². The highest BCUT2D eigenvalue weighted by molar-refractivity contribution is 5.20. The quantitative estimate of drug-likeness (QED) is 0.750. The minimum absolute atomic E-state index is 0.0131. The van der Waals surface area contributed by atoms with Crippen molar-refractivity contribution in [3.63, 3.8) is 0 Å². The van der Waals surface area contributed by atoms with E-state index in [4.69, 9.17) is 9.47 Å². The van der Waals surface area contributed by atoms with E-state index in [1.165, 1.54) is 0 Å². The first-order valence-corrected chi connectivity index (χ1v) is 5.27. The number of hydrogen-bond donors (Lipinski definition) is 2. The zero-order valence-electron chi connectivity index (χ0n) is 9.22. The van der Waals surface area contributed by atoms with Crippen LogP contribution in [0.2, 0.25) is 0 Å².